The molecule has 204 valence electrons. The monoisotopic (exact) mass is 552 g/mol. The normalized spacial score (nSPS) is 19.1. The van der Waals surface area contributed by atoms with Gasteiger partial charge in [-0.2, -0.15) is 0 Å². The Hall–Kier alpha value is -4.17. The molecule has 2 aromatic carbocycles. The molecular weight excluding hydrogens is 520 g/mol. The number of aryl methyl sites for hydroxylation is 1. The Balaban J connectivity index is 1.42. The van der Waals surface area contributed by atoms with E-state index in [0.717, 1.165) is 52.6 Å². The van der Waals surface area contributed by atoms with Crippen LogP contribution in [0.5, 0.6) is 5.75 Å². The lowest BCUT2D eigenvalue weighted by atomic mass is 9.96. The first-order valence-electron chi connectivity index (χ1n) is 13.7. The topological polar surface area (TPSA) is 79.6 Å². The first-order chi connectivity index (χ1) is 19.4. The molecule has 0 unspecified atom stereocenters. The second-order valence-electron chi connectivity index (χ2n) is 10.5. The van der Waals surface area contributed by atoms with Gasteiger partial charge in [-0.1, -0.05) is 12.1 Å². The number of carboxylic acid groups (broad SMARTS) is 1. The van der Waals surface area contributed by atoms with Crippen molar-refractivity contribution in [3.63, 3.8) is 0 Å². The van der Waals surface area contributed by atoms with Gasteiger partial charge in [0.1, 0.15) is 5.75 Å². The molecule has 2 aliphatic rings. The summed E-state index contributed by atoms with van der Waals surface area (Å²) in [4.78, 5) is 18.5. The molecule has 1 aliphatic carbocycles. The molecule has 1 aliphatic heterocycles. The lowest BCUT2D eigenvalue weighted by Gasteiger charge is -2.28. The minimum Gasteiger partial charge on any atom is -0.490 e. The van der Waals surface area contributed by atoms with Gasteiger partial charge in [-0.05, 0) is 118 Å². The van der Waals surface area contributed by atoms with Crippen LogP contribution in [0, 0.1) is 13.8 Å². The van der Waals surface area contributed by atoms with Crippen molar-refractivity contribution in [1.29, 1.82) is 0 Å². The summed E-state index contributed by atoms with van der Waals surface area (Å²) in [5.74, 6) is -0.0698. The minimum absolute atomic E-state index is 0.174. The number of hydrogen-bond acceptors (Lipinski definition) is 4. The van der Waals surface area contributed by atoms with Crippen LogP contribution in [0.3, 0.4) is 0 Å². The van der Waals surface area contributed by atoms with Gasteiger partial charge in [0, 0.05) is 29.0 Å². The van der Waals surface area contributed by atoms with E-state index >= 15 is 0 Å². The molecule has 40 heavy (non-hydrogen) atoms. The number of pyridine rings is 1. The van der Waals surface area contributed by atoms with Crippen LogP contribution in [0.2, 0.25) is 0 Å². The summed E-state index contributed by atoms with van der Waals surface area (Å²) in [6, 6.07) is 23.0. The molecule has 0 spiro atoms. The highest BCUT2D eigenvalue weighted by atomic mass is 32.1. The van der Waals surface area contributed by atoms with Crippen LogP contribution in [-0.2, 0) is 0 Å². The number of carbonyl (C=O) groups is 1. The summed E-state index contributed by atoms with van der Waals surface area (Å²) in [5.41, 5.74) is 6.05. The number of thiocarbonyl (C=S) groups is 1. The van der Waals surface area contributed by atoms with E-state index < -0.39 is 5.97 Å². The predicted molar refractivity (Wildman–Crippen MR) is 159 cm³/mol. The summed E-state index contributed by atoms with van der Waals surface area (Å²) in [7, 11) is 0. The quantitative estimate of drug-likeness (QED) is 0.247. The van der Waals surface area contributed by atoms with Crippen LogP contribution in [-0.4, -0.2) is 31.8 Å². The fourth-order valence-corrected chi connectivity index (χ4v) is 6.44. The van der Waals surface area contributed by atoms with Crippen LogP contribution in [0.15, 0.2) is 79.0 Å². The molecule has 2 N–H and O–H groups in total. The summed E-state index contributed by atoms with van der Waals surface area (Å²) < 4.78 is 8.32. The summed E-state index contributed by atoms with van der Waals surface area (Å²) >= 11 is 5.93. The number of hydrogen-bond donors (Lipinski definition) is 2. The van der Waals surface area contributed by atoms with Crippen molar-refractivity contribution in [3.05, 3.63) is 107 Å². The van der Waals surface area contributed by atoms with E-state index in [0.29, 0.717) is 11.2 Å². The van der Waals surface area contributed by atoms with Crippen molar-refractivity contribution in [2.24, 2.45) is 0 Å². The van der Waals surface area contributed by atoms with E-state index in [2.05, 4.69) is 44.9 Å². The van der Waals surface area contributed by atoms with Crippen molar-refractivity contribution in [1.82, 2.24) is 14.9 Å². The van der Waals surface area contributed by atoms with Gasteiger partial charge >= 0.3 is 5.97 Å². The van der Waals surface area contributed by atoms with Gasteiger partial charge in [0.05, 0.1) is 29.4 Å². The number of aromatic carboxylic acids is 1. The maximum Gasteiger partial charge on any atom is 0.335 e. The standard InChI is InChI=1S/C32H32N4O3S/c1-20-18-27(21(2)35(20)24-9-7-8-22(19-24)31(37)38)30-29(28-12-5-6-17-33-28)34-32(40)36(30)23-13-15-26(16-14-23)39-25-10-3-4-11-25/h5-9,12-19,25,29-30H,3-4,10-11H2,1-2H3,(H,34,40)(H,37,38)/t29-,30+/m1/s1. The Kier molecular flexibility index (Phi) is 7.02. The first-order valence-corrected chi connectivity index (χ1v) is 14.1. The van der Waals surface area contributed by atoms with Crippen LogP contribution < -0.4 is 15.0 Å². The average molecular weight is 553 g/mol. The highest BCUT2D eigenvalue weighted by Crippen LogP contribution is 2.44. The second-order valence-corrected chi connectivity index (χ2v) is 10.9. The van der Waals surface area contributed by atoms with Crippen LogP contribution in [0.1, 0.15) is 70.8 Å². The molecule has 0 bridgehead atoms. The first kappa shape index (κ1) is 26.1. The zero-order valence-corrected chi connectivity index (χ0v) is 23.4. The van der Waals surface area contributed by atoms with E-state index in [1.54, 1.807) is 24.4 Å². The van der Waals surface area contributed by atoms with E-state index in [9.17, 15) is 9.90 Å². The third-order valence-electron chi connectivity index (χ3n) is 7.96. The van der Waals surface area contributed by atoms with E-state index in [1.165, 1.54) is 12.8 Å². The average Bonchev–Trinajstić information content (AvgIpc) is 3.67. The predicted octanol–water partition coefficient (Wildman–Crippen LogP) is 6.69. The Morgan fingerprint density at radius 3 is 2.48 bits per heavy atom. The van der Waals surface area contributed by atoms with Gasteiger partial charge in [-0.25, -0.2) is 4.79 Å². The fourth-order valence-electron chi connectivity index (χ4n) is 6.10. The van der Waals surface area contributed by atoms with Crippen molar-refractivity contribution in [3.8, 4) is 11.4 Å². The summed E-state index contributed by atoms with van der Waals surface area (Å²) in [6.07, 6.45) is 6.78. The number of anilines is 1. The molecule has 1 saturated carbocycles. The SMILES string of the molecule is Cc1cc([C@H]2[C@@H](c3ccccn3)NC(=S)N2c2ccc(OC3CCCC3)cc2)c(C)n1-c1cccc(C(=O)O)c1. The molecule has 0 amide bonds. The molecule has 4 aromatic rings. The maximum atomic E-state index is 11.7. The summed E-state index contributed by atoms with van der Waals surface area (Å²) in [6.45, 7) is 4.11. The number of nitrogens with one attached hydrogen (secondary N) is 1. The van der Waals surface area contributed by atoms with Crippen LogP contribution >= 0.6 is 12.2 Å². The highest BCUT2D eigenvalue weighted by Gasteiger charge is 2.42. The third kappa shape index (κ3) is 4.84. The van der Waals surface area contributed by atoms with Gasteiger partial charge in [0.15, 0.2) is 5.11 Å². The molecule has 1 saturated heterocycles. The molecule has 8 heteroatoms. The molecule has 2 fully saturated rings. The van der Waals surface area contributed by atoms with Gasteiger partial charge in [-0.15, -0.1) is 0 Å². The number of rotatable bonds is 7. The smallest absolute Gasteiger partial charge is 0.335 e. The number of aromatic nitrogens is 2. The van der Waals surface area contributed by atoms with Crippen LogP contribution in [0.4, 0.5) is 5.69 Å². The second kappa shape index (κ2) is 10.8. The van der Waals surface area contributed by atoms with E-state index in [4.69, 9.17) is 17.0 Å². The number of nitrogens with zero attached hydrogens (tertiary/aromatic N) is 3. The molecule has 6 rings (SSSR count). The van der Waals surface area contributed by atoms with Gasteiger partial charge in [0.2, 0.25) is 0 Å². The Morgan fingerprint density at radius 1 is 1.00 bits per heavy atom. The van der Waals surface area contributed by atoms with Gasteiger partial charge in [-0.3, -0.25) is 4.98 Å². The number of ether oxygens (including phenoxy) is 1. The van der Waals surface area contributed by atoms with Crippen molar-refractivity contribution >= 4 is 29.0 Å². The van der Waals surface area contributed by atoms with Crippen LogP contribution in [0.25, 0.3) is 5.69 Å². The minimum atomic E-state index is -0.948. The largest absolute Gasteiger partial charge is 0.490 e. The molecule has 7 nitrogen and oxygen atoms in total. The zero-order chi connectivity index (χ0) is 27.8. The van der Waals surface area contributed by atoms with Crippen molar-refractivity contribution in [2.45, 2.75) is 57.7 Å². The van der Waals surface area contributed by atoms with E-state index in [-0.39, 0.29) is 17.6 Å². The molecule has 0 radical (unpaired) electrons. The zero-order valence-electron chi connectivity index (χ0n) is 22.6. The molecular formula is C32H32N4O3S. The number of benzene rings is 2. The molecule has 2 aromatic heterocycles. The number of carboxylic acids is 1. The highest BCUT2D eigenvalue weighted by molar-refractivity contribution is 7.80. The van der Waals surface area contributed by atoms with E-state index in [1.807, 2.05) is 43.3 Å². The lowest BCUT2D eigenvalue weighted by Crippen LogP contribution is -2.29. The third-order valence-corrected chi connectivity index (χ3v) is 8.27. The summed E-state index contributed by atoms with van der Waals surface area (Å²) in [5, 5.41) is 13.7. The molecule has 3 heterocycles. The van der Waals surface area contributed by atoms with Gasteiger partial charge in [0.25, 0.3) is 0 Å². The molecule has 2 atom stereocenters. The van der Waals surface area contributed by atoms with Gasteiger partial charge < -0.3 is 24.6 Å². The van der Waals surface area contributed by atoms with Crippen molar-refractivity contribution in [2.75, 3.05) is 4.90 Å². The Morgan fingerprint density at radius 2 is 1.77 bits per heavy atom. The Bertz CT molecular complexity index is 1540. The fraction of sp³-hybridized carbons (Fsp3) is 0.281. The Labute approximate surface area is 239 Å². The lowest BCUT2D eigenvalue weighted by molar-refractivity contribution is 0.0697. The van der Waals surface area contributed by atoms with Crippen molar-refractivity contribution < 1.29 is 14.6 Å². The maximum absolute atomic E-state index is 11.7.